The van der Waals surface area contributed by atoms with Gasteiger partial charge in [-0.25, -0.2) is 0 Å². The number of nitrogens with zero attached hydrogens (tertiary/aromatic N) is 1. The SMILES string of the molecule is O=C1CS[C@]2(C(=O)Nc3ccccc32)N1c1cccc(C(F)(F)F)c1. The first-order valence-electron chi connectivity index (χ1n) is 7.39. The van der Waals surface area contributed by atoms with Crippen LogP contribution in [0, 0.1) is 0 Å². The second kappa shape index (κ2) is 5.26. The van der Waals surface area contributed by atoms with E-state index in [4.69, 9.17) is 0 Å². The van der Waals surface area contributed by atoms with Crippen molar-refractivity contribution in [2.75, 3.05) is 16.0 Å². The van der Waals surface area contributed by atoms with Gasteiger partial charge in [-0.15, -0.1) is 11.8 Å². The number of anilines is 2. The molecule has 25 heavy (non-hydrogen) atoms. The van der Waals surface area contributed by atoms with E-state index in [1.54, 1.807) is 24.3 Å². The Kier molecular flexibility index (Phi) is 3.37. The van der Waals surface area contributed by atoms with Crippen LogP contribution in [0.1, 0.15) is 11.1 Å². The Bertz CT molecular complexity index is 899. The molecule has 0 unspecified atom stereocenters. The fraction of sp³-hybridized carbons (Fsp3) is 0.176. The van der Waals surface area contributed by atoms with Gasteiger partial charge in [-0.05, 0) is 24.3 Å². The van der Waals surface area contributed by atoms with E-state index in [9.17, 15) is 22.8 Å². The van der Waals surface area contributed by atoms with Crippen molar-refractivity contribution in [3.8, 4) is 0 Å². The normalized spacial score (nSPS) is 22.4. The molecule has 1 fully saturated rings. The van der Waals surface area contributed by atoms with Gasteiger partial charge in [0.15, 0.2) is 0 Å². The molecule has 1 atom stereocenters. The molecule has 2 heterocycles. The molecule has 0 radical (unpaired) electrons. The molecule has 0 aliphatic carbocycles. The minimum Gasteiger partial charge on any atom is -0.323 e. The lowest BCUT2D eigenvalue weighted by molar-refractivity contribution is -0.137. The maximum Gasteiger partial charge on any atom is 0.416 e. The van der Waals surface area contributed by atoms with Crippen LogP contribution in [0.25, 0.3) is 0 Å². The molecule has 2 amide bonds. The van der Waals surface area contributed by atoms with Crippen LogP contribution in [-0.4, -0.2) is 17.6 Å². The van der Waals surface area contributed by atoms with Crippen LogP contribution in [0.5, 0.6) is 0 Å². The number of benzene rings is 2. The molecule has 4 nitrogen and oxygen atoms in total. The third-order valence-corrected chi connectivity index (χ3v) is 5.65. The zero-order valence-corrected chi connectivity index (χ0v) is 13.4. The summed E-state index contributed by atoms with van der Waals surface area (Å²) in [6, 6.07) is 11.4. The maximum absolute atomic E-state index is 13.0. The van der Waals surface area contributed by atoms with Crippen LogP contribution in [0.15, 0.2) is 48.5 Å². The Morgan fingerprint density at radius 2 is 1.84 bits per heavy atom. The molecule has 2 aromatic carbocycles. The van der Waals surface area contributed by atoms with Gasteiger partial charge in [-0.3, -0.25) is 14.5 Å². The lowest BCUT2D eigenvalue weighted by atomic mass is 10.0. The Morgan fingerprint density at radius 3 is 2.60 bits per heavy atom. The molecule has 1 spiro atoms. The van der Waals surface area contributed by atoms with E-state index in [2.05, 4.69) is 5.32 Å². The first-order valence-corrected chi connectivity index (χ1v) is 8.38. The number of alkyl halides is 3. The van der Waals surface area contributed by atoms with Gasteiger partial charge in [0.25, 0.3) is 5.91 Å². The van der Waals surface area contributed by atoms with Crippen molar-refractivity contribution in [1.29, 1.82) is 0 Å². The third kappa shape index (κ3) is 2.24. The molecule has 0 aromatic heterocycles. The molecular weight excluding hydrogens is 353 g/mol. The topological polar surface area (TPSA) is 49.4 Å². The summed E-state index contributed by atoms with van der Waals surface area (Å²) in [6.07, 6.45) is -4.53. The predicted molar refractivity (Wildman–Crippen MR) is 88.1 cm³/mol. The lowest BCUT2D eigenvalue weighted by Gasteiger charge is -2.32. The highest BCUT2D eigenvalue weighted by atomic mass is 32.2. The number of fused-ring (bicyclic) bond motifs is 2. The Labute approximate surface area is 145 Å². The summed E-state index contributed by atoms with van der Waals surface area (Å²) in [4.78, 5) is 25.0. The van der Waals surface area contributed by atoms with Crippen molar-refractivity contribution >= 4 is 35.0 Å². The minimum atomic E-state index is -4.53. The number of para-hydroxylation sites is 1. The number of amides is 2. The number of halogens is 3. The van der Waals surface area contributed by atoms with Gasteiger partial charge in [0.1, 0.15) is 0 Å². The number of nitrogens with one attached hydrogen (secondary N) is 1. The van der Waals surface area contributed by atoms with Gasteiger partial charge in [0.05, 0.1) is 11.3 Å². The zero-order valence-electron chi connectivity index (χ0n) is 12.6. The summed E-state index contributed by atoms with van der Waals surface area (Å²) in [5, 5.41) is 2.72. The number of thioether (sulfide) groups is 1. The average Bonchev–Trinajstić information content (AvgIpc) is 3.06. The van der Waals surface area contributed by atoms with Crippen LogP contribution >= 0.6 is 11.8 Å². The third-order valence-electron chi connectivity index (χ3n) is 4.25. The standard InChI is InChI=1S/C17H11F3N2O2S/c18-17(19,20)10-4-3-5-11(8-10)22-14(23)9-25-16(22)12-6-1-2-7-13(12)21-15(16)24/h1-8H,9H2,(H,21,24)/t16-/m1/s1. The molecule has 2 aliphatic heterocycles. The number of carbonyl (C=O) groups is 2. The Balaban J connectivity index is 1.89. The van der Waals surface area contributed by atoms with Gasteiger partial charge in [0, 0.05) is 16.9 Å². The highest BCUT2D eigenvalue weighted by Gasteiger charge is 2.58. The van der Waals surface area contributed by atoms with Gasteiger partial charge < -0.3 is 5.32 Å². The van der Waals surface area contributed by atoms with Crippen LogP contribution < -0.4 is 10.2 Å². The zero-order chi connectivity index (χ0) is 17.8. The quantitative estimate of drug-likeness (QED) is 0.841. The number of rotatable bonds is 1. The van der Waals surface area contributed by atoms with E-state index in [1.807, 2.05) is 0 Å². The Morgan fingerprint density at radius 1 is 1.08 bits per heavy atom. The van der Waals surface area contributed by atoms with Gasteiger partial charge in [0.2, 0.25) is 10.8 Å². The van der Waals surface area contributed by atoms with E-state index in [0.29, 0.717) is 11.3 Å². The first-order chi connectivity index (χ1) is 11.8. The summed E-state index contributed by atoms with van der Waals surface area (Å²) < 4.78 is 39.1. The number of hydrogen-bond donors (Lipinski definition) is 1. The highest BCUT2D eigenvalue weighted by Crippen LogP contribution is 2.53. The Hall–Kier alpha value is -2.48. The average molecular weight is 364 g/mol. The fourth-order valence-corrected chi connectivity index (χ4v) is 4.51. The fourth-order valence-electron chi connectivity index (χ4n) is 3.20. The van der Waals surface area contributed by atoms with Crippen molar-refractivity contribution in [2.24, 2.45) is 0 Å². The largest absolute Gasteiger partial charge is 0.416 e. The summed E-state index contributed by atoms with van der Waals surface area (Å²) >= 11 is 1.11. The van der Waals surface area contributed by atoms with Gasteiger partial charge in [-0.2, -0.15) is 13.2 Å². The van der Waals surface area contributed by atoms with Crippen molar-refractivity contribution in [3.63, 3.8) is 0 Å². The second-order valence-electron chi connectivity index (χ2n) is 5.71. The molecule has 4 rings (SSSR count). The van der Waals surface area contributed by atoms with Gasteiger partial charge >= 0.3 is 6.18 Å². The van der Waals surface area contributed by atoms with Gasteiger partial charge in [-0.1, -0.05) is 24.3 Å². The summed E-state index contributed by atoms with van der Waals surface area (Å²) in [5.41, 5.74) is 0.327. The van der Waals surface area contributed by atoms with Crippen LogP contribution in [0.2, 0.25) is 0 Å². The molecule has 0 saturated carbocycles. The molecule has 128 valence electrons. The van der Waals surface area contributed by atoms with Crippen molar-refractivity contribution in [1.82, 2.24) is 0 Å². The highest BCUT2D eigenvalue weighted by molar-refractivity contribution is 8.02. The summed E-state index contributed by atoms with van der Waals surface area (Å²) in [6.45, 7) is 0. The van der Waals surface area contributed by atoms with E-state index < -0.39 is 28.4 Å². The molecule has 2 aromatic rings. The number of hydrogen-bond acceptors (Lipinski definition) is 3. The van der Waals surface area contributed by atoms with E-state index in [1.165, 1.54) is 17.0 Å². The van der Waals surface area contributed by atoms with Crippen LogP contribution in [-0.2, 0) is 20.6 Å². The lowest BCUT2D eigenvalue weighted by Crippen LogP contribution is -2.47. The van der Waals surface area contributed by atoms with E-state index in [0.717, 1.165) is 23.9 Å². The molecule has 2 aliphatic rings. The predicted octanol–water partition coefficient (Wildman–Crippen LogP) is 3.59. The van der Waals surface area contributed by atoms with Crippen molar-refractivity contribution in [3.05, 3.63) is 59.7 Å². The van der Waals surface area contributed by atoms with Crippen LogP contribution in [0.4, 0.5) is 24.5 Å². The van der Waals surface area contributed by atoms with Crippen LogP contribution in [0.3, 0.4) is 0 Å². The summed E-state index contributed by atoms with van der Waals surface area (Å²) in [5.74, 6) is -0.823. The molecule has 0 bridgehead atoms. The first kappa shape index (κ1) is 16.0. The van der Waals surface area contributed by atoms with E-state index in [-0.39, 0.29) is 11.4 Å². The maximum atomic E-state index is 13.0. The second-order valence-corrected chi connectivity index (χ2v) is 6.88. The smallest absolute Gasteiger partial charge is 0.323 e. The number of carbonyl (C=O) groups excluding carboxylic acids is 2. The molecule has 1 N–H and O–H groups in total. The molecule has 8 heteroatoms. The van der Waals surface area contributed by atoms with E-state index >= 15 is 0 Å². The molecular formula is C17H11F3N2O2S. The summed E-state index contributed by atoms with van der Waals surface area (Å²) in [7, 11) is 0. The monoisotopic (exact) mass is 364 g/mol. The van der Waals surface area contributed by atoms with Crippen molar-refractivity contribution < 1.29 is 22.8 Å². The van der Waals surface area contributed by atoms with Crippen molar-refractivity contribution in [2.45, 2.75) is 11.0 Å². The molecule has 1 saturated heterocycles. The minimum absolute atomic E-state index is 0.0119.